The Bertz CT molecular complexity index is 1210. The van der Waals surface area contributed by atoms with E-state index in [1.54, 1.807) is 6.20 Å². The van der Waals surface area contributed by atoms with Crippen LogP contribution >= 0.6 is 0 Å². The summed E-state index contributed by atoms with van der Waals surface area (Å²) in [5.41, 5.74) is 6.28. The molecule has 6 heteroatoms. The fourth-order valence-corrected chi connectivity index (χ4v) is 3.96. The maximum Gasteiger partial charge on any atom is 0.333 e. The number of ketones is 1. The van der Waals surface area contributed by atoms with Crippen molar-refractivity contribution in [1.29, 1.82) is 0 Å². The number of para-hydroxylation sites is 1. The first-order valence-corrected chi connectivity index (χ1v) is 9.71. The Labute approximate surface area is 174 Å². The van der Waals surface area contributed by atoms with E-state index in [4.69, 9.17) is 4.74 Å². The molecule has 2 heterocycles. The average Bonchev–Trinajstić information content (AvgIpc) is 3.27. The first-order valence-electron chi connectivity index (χ1n) is 9.71. The van der Waals surface area contributed by atoms with Gasteiger partial charge in [-0.05, 0) is 43.5 Å². The van der Waals surface area contributed by atoms with Crippen LogP contribution < -0.4 is 5.32 Å². The molecule has 1 amide bonds. The molecule has 0 radical (unpaired) electrons. The summed E-state index contributed by atoms with van der Waals surface area (Å²) in [5.74, 6) is -1.97. The molecule has 0 saturated carbocycles. The van der Waals surface area contributed by atoms with E-state index in [0.29, 0.717) is 17.5 Å². The summed E-state index contributed by atoms with van der Waals surface area (Å²) in [4.78, 5) is 36.5. The van der Waals surface area contributed by atoms with E-state index in [9.17, 15) is 14.4 Å². The maximum absolute atomic E-state index is 12.9. The fraction of sp³-hybridized carbons (Fsp3) is 0.208. The lowest BCUT2D eigenvalue weighted by atomic mass is 10.00. The van der Waals surface area contributed by atoms with Gasteiger partial charge in [-0.3, -0.25) is 9.59 Å². The highest BCUT2D eigenvalue weighted by Crippen LogP contribution is 2.25. The van der Waals surface area contributed by atoms with Gasteiger partial charge in [0.05, 0.1) is 11.3 Å². The second-order valence-corrected chi connectivity index (χ2v) is 7.63. The molecule has 1 N–H and O–H groups in total. The standard InChI is InChI=1S/C24H22N2O4/c1-14-8-15(2)19(16(3)9-14)11-26-12-20(18-6-4-5-7-21(18)26)23(28)24(29)25-17-10-22(27)30-13-17/h4-10,12H,11,13H2,1-3H3,(H,25,29). The predicted octanol–water partition coefficient (Wildman–Crippen LogP) is 3.35. The number of nitrogens with one attached hydrogen (secondary N) is 1. The lowest BCUT2D eigenvalue weighted by molar-refractivity contribution is -0.135. The number of ether oxygens (including phenoxy) is 1. The Morgan fingerprint density at radius 2 is 1.80 bits per heavy atom. The molecule has 152 valence electrons. The minimum Gasteiger partial charge on any atom is -0.456 e. The summed E-state index contributed by atoms with van der Waals surface area (Å²) >= 11 is 0. The van der Waals surface area contributed by atoms with Crippen molar-refractivity contribution in [2.75, 3.05) is 6.61 Å². The van der Waals surface area contributed by atoms with E-state index < -0.39 is 17.7 Å². The van der Waals surface area contributed by atoms with Gasteiger partial charge in [-0.2, -0.15) is 0 Å². The van der Waals surface area contributed by atoms with Crippen molar-refractivity contribution in [3.05, 3.63) is 82.2 Å². The van der Waals surface area contributed by atoms with E-state index in [1.165, 1.54) is 28.3 Å². The number of fused-ring (bicyclic) bond motifs is 1. The third-order valence-corrected chi connectivity index (χ3v) is 5.34. The van der Waals surface area contributed by atoms with Crippen LogP contribution in [0.15, 0.2) is 54.4 Å². The number of hydrogen-bond acceptors (Lipinski definition) is 4. The number of nitrogens with zero attached hydrogens (tertiary/aromatic N) is 1. The number of amides is 1. The van der Waals surface area contributed by atoms with E-state index in [1.807, 2.05) is 28.8 Å². The number of rotatable bonds is 5. The molecule has 1 aliphatic heterocycles. The summed E-state index contributed by atoms with van der Waals surface area (Å²) in [5, 5.41) is 3.19. The molecule has 0 saturated heterocycles. The number of aryl methyl sites for hydroxylation is 3. The summed E-state index contributed by atoms with van der Waals surface area (Å²) < 4.78 is 6.76. The number of cyclic esters (lactones) is 1. The zero-order chi connectivity index (χ0) is 21.4. The third-order valence-electron chi connectivity index (χ3n) is 5.34. The molecule has 3 aromatic rings. The fourth-order valence-electron chi connectivity index (χ4n) is 3.96. The van der Waals surface area contributed by atoms with Crippen LogP contribution in [-0.4, -0.2) is 28.8 Å². The van der Waals surface area contributed by atoms with Crippen LogP contribution in [-0.2, 0) is 20.9 Å². The monoisotopic (exact) mass is 402 g/mol. The Kier molecular flexibility index (Phi) is 4.99. The van der Waals surface area contributed by atoms with Crippen molar-refractivity contribution in [2.24, 2.45) is 0 Å². The van der Waals surface area contributed by atoms with Crippen LogP contribution in [0.25, 0.3) is 10.9 Å². The molecule has 1 aliphatic rings. The molecule has 0 unspecified atom stereocenters. The number of esters is 1. The quantitative estimate of drug-likeness (QED) is 0.403. The predicted molar refractivity (Wildman–Crippen MR) is 113 cm³/mol. The molecule has 0 fully saturated rings. The van der Waals surface area contributed by atoms with Gasteiger partial charge in [0.1, 0.15) is 6.61 Å². The van der Waals surface area contributed by atoms with Gasteiger partial charge in [-0.1, -0.05) is 35.9 Å². The molecule has 1 aromatic heterocycles. The SMILES string of the molecule is Cc1cc(C)c(Cn2cc(C(=O)C(=O)NC3=CC(=O)OC3)c3ccccc32)c(C)c1. The molecule has 0 aliphatic carbocycles. The van der Waals surface area contributed by atoms with Gasteiger partial charge >= 0.3 is 5.97 Å². The Morgan fingerprint density at radius 1 is 1.10 bits per heavy atom. The van der Waals surface area contributed by atoms with Gasteiger partial charge in [0.2, 0.25) is 0 Å². The zero-order valence-corrected chi connectivity index (χ0v) is 17.1. The third kappa shape index (κ3) is 3.64. The highest BCUT2D eigenvalue weighted by atomic mass is 16.5. The maximum atomic E-state index is 12.9. The van der Waals surface area contributed by atoms with Crippen molar-refractivity contribution in [3.63, 3.8) is 0 Å². The number of hydrogen-bond donors (Lipinski definition) is 1. The topological polar surface area (TPSA) is 77.4 Å². The normalized spacial score (nSPS) is 13.3. The number of carbonyl (C=O) groups excluding carboxylic acids is 3. The van der Waals surface area contributed by atoms with Gasteiger partial charge in [0.25, 0.3) is 11.7 Å². The first kappa shape index (κ1) is 19.6. The molecule has 0 atom stereocenters. The van der Waals surface area contributed by atoms with Crippen molar-refractivity contribution in [2.45, 2.75) is 27.3 Å². The summed E-state index contributed by atoms with van der Waals surface area (Å²) in [6.45, 7) is 6.80. The van der Waals surface area contributed by atoms with Crippen LogP contribution in [0.2, 0.25) is 0 Å². The van der Waals surface area contributed by atoms with Crippen LogP contribution in [0.4, 0.5) is 0 Å². The van der Waals surface area contributed by atoms with Crippen molar-refractivity contribution in [3.8, 4) is 0 Å². The number of aromatic nitrogens is 1. The Hall–Kier alpha value is -3.67. The van der Waals surface area contributed by atoms with Crippen molar-refractivity contribution >= 4 is 28.6 Å². The number of Topliss-reactive ketones (excluding diaryl/α,β-unsaturated/α-hetero) is 1. The van der Waals surface area contributed by atoms with Crippen LogP contribution in [0.5, 0.6) is 0 Å². The van der Waals surface area contributed by atoms with Gasteiger partial charge in [0, 0.05) is 29.7 Å². The summed E-state index contributed by atoms with van der Waals surface area (Å²) in [7, 11) is 0. The molecule has 2 aromatic carbocycles. The van der Waals surface area contributed by atoms with E-state index in [0.717, 1.165) is 5.52 Å². The zero-order valence-electron chi connectivity index (χ0n) is 17.1. The van der Waals surface area contributed by atoms with Crippen molar-refractivity contribution < 1.29 is 19.1 Å². The highest BCUT2D eigenvalue weighted by molar-refractivity contribution is 6.45. The van der Waals surface area contributed by atoms with Gasteiger partial charge in [-0.15, -0.1) is 0 Å². The minimum atomic E-state index is -0.787. The van der Waals surface area contributed by atoms with Crippen LogP contribution in [0, 0.1) is 20.8 Å². The van der Waals surface area contributed by atoms with Crippen LogP contribution in [0.3, 0.4) is 0 Å². The van der Waals surface area contributed by atoms with E-state index >= 15 is 0 Å². The van der Waals surface area contributed by atoms with E-state index in [-0.39, 0.29) is 12.3 Å². The molecular weight excluding hydrogens is 380 g/mol. The average molecular weight is 402 g/mol. The lowest BCUT2D eigenvalue weighted by Gasteiger charge is -2.13. The van der Waals surface area contributed by atoms with Crippen molar-refractivity contribution in [1.82, 2.24) is 9.88 Å². The Morgan fingerprint density at radius 3 is 2.47 bits per heavy atom. The lowest BCUT2D eigenvalue weighted by Crippen LogP contribution is -2.31. The van der Waals surface area contributed by atoms with Gasteiger partial charge < -0.3 is 14.6 Å². The van der Waals surface area contributed by atoms with Gasteiger partial charge in [-0.25, -0.2) is 4.79 Å². The summed E-state index contributed by atoms with van der Waals surface area (Å²) in [6.07, 6.45) is 2.91. The largest absolute Gasteiger partial charge is 0.456 e. The first-order chi connectivity index (χ1) is 14.3. The molecule has 30 heavy (non-hydrogen) atoms. The second-order valence-electron chi connectivity index (χ2n) is 7.63. The number of carbonyl (C=O) groups is 3. The molecule has 4 rings (SSSR count). The number of benzene rings is 2. The smallest absolute Gasteiger partial charge is 0.333 e. The van der Waals surface area contributed by atoms with E-state index in [2.05, 4.69) is 38.2 Å². The van der Waals surface area contributed by atoms with Crippen LogP contribution in [0.1, 0.15) is 32.6 Å². The minimum absolute atomic E-state index is 0.0361. The molecule has 0 bridgehead atoms. The molecular formula is C24H22N2O4. The second kappa shape index (κ2) is 7.63. The van der Waals surface area contributed by atoms with Gasteiger partial charge in [0.15, 0.2) is 0 Å². The highest BCUT2D eigenvalue weighted by Gasteiger charge is 2.24. The molecule has 6 nitrogen and oxygen atoms in total. The molecule has 0 spiro atoms. The summed E-state index contributed by atoms with van der Waals surface area (Å²) in [6, 6.07) is 11.8. The Balaban J connectivity index is 1.69.